The fourth-order valence-corrected chi connectivity index (χ4v) is 0. The van der Waals surface area contributed by atoms with Crippen molar-refractivity contribution in [2.24, 2.45) is 0 Å². The molecule has 0 unspecified atom stereocenters. The molecule has 0 aromatic carbocycles. The normalized spacial score (nSPS) is 1.33. The van der Waals surface area contributed by atoms with Gasteiger partial charge in [-0.2, -0.15) is 0 Å². The molecule has 0 heterocycles. The van der Waals surface area contributed by atoms with E-state index in [9.17, 15) is 0 Å². The van der Waals surface area contributed by atoms with Gasteiger partial charge in [-0.15, -0.1) is 0 Å². The van der Waals surface area contributed by atoms with Crippen molar-refractivity contribution in [1.82, 2.24) is 6.15 Å². The molecule has 0 aliphatic carbocycles. The second-order valence-electron chi connectivity index (χ2n) is 0.0833. The SMILES string of the molecule is N.O.O.[O]=[Ti]=[O]. The second-order valence-corrected chi connectivity index (χ2v) is 0.344. The van der Waals surface area contributed by atoms with Gasteiger partial charge in [0.15, 0.2) is 0 Å². The summed E-state index contributed by atoms with van der Waals surface area (Å²) in [7, 11) is 0. The number of hydrogen-bond acceptors (Lipinski definition) is 3. The van der Waals surface area contributed by atoms with Gasteiger partial charge >= 0.3 is 25.7 Å². The van der Waals surface area contributed by atoms with Crippen LogP contribution >= 0.6 is 0 Å². The van der Waals surface area contributed by atoms with Gasteiger partial charge in [0.25, 0.3) is 0 Å². The molecule has 40 valence electrons. The topological polar surface area (TPSA) is 132 Å². The summed E-state index contributed by atoms with van der Waals surface area (Å²) >= 11 is -2.00. The van der Waals surface area contributed by atoms with E-state index in [4.69, 9.17) is 6.65 Å². The molecule has 0 saturated heterocycles. The molecule has 0 aliphatic heterocycles. The molecule has 6 heavy (non-hydrogen) atoms. The van der Waals surface area contributed by atoms with Gasteiger partial charge in [0.1, 0.15) is 0 Å². The Kier molecular flexibility index (Phi) is 371. The van der Waals surface area contributed by atoms with Crippen LogP contribution in [0.25, 0.3) is 0 Å². The van der Waals surface area contributed by atoms with Crippen molar-refractivity contribution in [3.05, 3.63) is 0 Å². The van der Waals surface area contributed by atoms with Gasteiger partial charge in [-0.25, -0.2) is 0 Å². The molecule has 0 amide bonds. The van der Waals surface area contributed by atoms with Crippen LogP contribution < -0.4 is 6.15 Å². The first-order valence-corrected chi connectivity index (χ1v) is 1.68. The van der Waals surface area contributed by atoms with Crippen molar-refractivity contribution < 1.29 is 36.7 Å². The molecule has 0 aromatic heterocycles. The van der Waals surface area contributed by atoms with Crippen LogP contribution in [0.15, 0.2) is 0 Å². The predicted molar refractivity (Wildman–Crippen MR) is 13.6 cm³/mol. The van der Waals surface area contributed by atoms with Gasteiger partial charge < -0.3 is 17.1 Å². The van der Waals surface area contributed by atoms with Crippen molar-refractivity contribution in [3.8, 4) is 0 Å². The van der Waals surface area contributed by atoms with Crippen LogP contribution in [0.5, 0.6) is 0 Å². The van der Waals surface area contributed by atoms with Gasteiger partial charge in [0, 0.05) is 0 Å². The summed E-state index contributed by atoms with van der Waals surface area (Å²) in [6.45, 7) is 0. The molecule has 5 nitrogen and oxygen atoms in total. The Morgan fingerprint density at radius 2 is 1.00 bits per heavy atom. The quantitative estimate of drug-likeness (QED) is 0.393. The summed E-state index contributed by atoms with van der Waals surface area (Å²) in [5, 5.41) is 0. The summed E-state index contributed by atoms with van der Waals surface area (Å²) < 4.78 is 17.0. The van der Waals surface area contributed by atoms with Crippen molar-refractivity contribution in [2.75, 3.05) is 0 Å². The van der Waals surface area contributed by atoms with E-state index in [0.717, 1.165) is 0 Å². The zero-order valence-corrected chi connectivity index (χ0v) is 4.59. The predicted octanol–water partition coefficient (Wildman–Crippen LogP) is -1.73. The van der Waals surface area contributed by atoms with Crippen molar-refractivity contribution in [2.45, 2.75) is 0 Å². The van der Waals surface area contributed by atoms with E-state index in [1.54, 1.807) is 0 Å². The molecule has 6 heteroatoms. The minimum absolute atomic E-state index is 0. The molecule has 0 radical (unpaired) electrons. The van der Waals surface area contributed by atoms with Gasteiger partial charge in [-0.3, -0.25) is 0 Å². The fourth-order valence-electron chi connectivity index (χ4n) is 0. The van der Waals surface area contributed by atoms with Crippen LogP contribution in [0.2, 0.25) is 0 Å². The third kappa shape index (κ3) is 1130. The molecule has 7 N–H and O–H groups in total. The summed E-state index contributed by atoms with van der Waals surface area (Å²) in [6, 6.07) is 0. The van der Waals surface area contributed by atoms with Crippen molar-refractivity contribution in [1.29, 1.82) is 0 Å². The molecule has 0 spiro atoms. The van der Waals surface area contributed by atoms with Gasteiger partial charge in [0.2, 0.25) is 0 Å². The van der Waals surface area contributed by atoms with Gasteiger partial charge in [0.05, 0.1) is 0 Å². The summed E-state index contributed by atoms with van der Waals surface area (Å²) in [5.74, 6) is 0. The zero-order valence-electron chi connectivity index (χ0n) is 3.02. The molecule has 0 fully saturated rings. The van der Waals surface area contributed by atoms with Crippen LogP contribution in [0.4, 0.5) is 0 Å². The number of hydrogen-bond donors (Lipinski definition) is 1. The zero-order chi connectivity index (χ0) is 2.71. The standard InChI is InChI=1S/H3N.2H2O.2O.Ti/h1H3;2*1H2;;;. The number of rotatable bonds is 0. The average molecular weight is 133 g/mol. The van der Waals surface area contributed by atoms with E-state index in [-0.39, 0.29) is 17.1 Å². The van der Waals surface area contributed by atoms with E-state index in [2.05, 4.69) is 0 Å². The van der Waals surface area contributed by atoms with Crippen LogP contribution in [-0.2, 0) is 25.7 Å². The second kappa shape index (κ2) is 64.1. The molecule has 0 aliphatic rings. The Balaban J connectivity index is -0.00000000667. The fraction of sp³-hybridized carbons (Fsp3) is 0. The maximum absolute atomic E-state index is 8.50. The van der Waals surface area contributed by atoms with Crippen LogP contribution in [-0.4, -0.2) is 11.0 Å². The van der Waals surface area contributed by atoms with E-state index in [1.165, 1.54) is 0 Å². The Bertz CT molecular complexity index is 28.5. The molecular weight excluding hydrogens is 126 g/mol. The first-order chi connectivity index (χ1) is 1.41. The monoisotopic (exact) mass is 133 g/mol. The Labute approximate surface area is 43.5 Å². The molecular formula is H7NO4Ti. The first kappa shape index (κ1) is 34.7. The maximum atomic E-state index is 8.50. The summed E-state index contributed by atoms with van der Waals surface area (Å²) in [6.07, 6.45) is 0. The Morgan fingerprint density at radius 1 is 1.00 bits per heavy atom. The van der Waals surface area contributed by atoms with Crippen LogP contribution in [0, 0.1) is 0 Å². The minimum atomic E-state index is -2.00. The van der Waals surface area contributed by atoms with E-state index in [0.29, 0.717) is 0 Å². The molecule has 0 saturated carbocycles. The molecule has 0 rings (SSSR count). The average Bonchev–Trinajstić information content (AvgIpc) is 0.918. The third-order valence-corrected chi connectivity index (χ3v) is 0. The van der Waals surface area contributed by atoms with Crippen molar-refractivity contribution in [3.63, 3.8) is 0 Å². The van der Waals surface area contributed by atoms with Gasteiger partial charge in [-0.1, -0.05) is 0 Å². The molecule has 0 atom stereocenters. The van der Waals surface area contributed by atoms with Crippen molar-refractivity contribution >= 4 is 0 Å². The van der Waals surface area contributed by atoms with E-state index in [1.807, 2.05) is 0 Å². The molecule has 0 aromatic rings. The summed E-state index contributed by atoms with van der Waals surface area (Å²) in [5.41, 5.74) is 0. The Morgan fingerprint density at radius 3 is 1.00 bits per heavy atom. The summed E-state index contributed by atoms with van der Waals surface area (Å²) in [4.78, 5) is 0. The Hall–Kier alpha value is 0.194. The molecule has 0 bridgehead atoms. The van der Waals surface area contributed by atoms with E-state index >= 15 is 0 Å². The van der Waals surface area contributed by atoms with Crippen LogP contribution in [0.3, 0.4) is 0 Å². The third-order valence-electron chi connectivity index (χ3n) is 0. The van der Waals surface area contributed by atoms with E-state index < -0.39 is 19.1 Å². The first-order valence-electron chi connectivity index (χ1n) is 0.408. The van der Waals surface area contributed by atoms with Gasteiger partial charge in [-0.05, 0) is 0 Å². The van der Waals surface area contributed by atoms with Crippen LogP contribution in [0.1, 0.15) is 0 Å².